The van der Waals surface area contributed by atoms with Crippen molar-refractivity contribution in [2.45, 2.75) is 50.3 Å². The molecule has 2 atom stereocenters. The molecule has 0 amide bonds. The maximum absolute atomic E-state index is 13.0. The largest absolute Gasteiger partial charge is 0.416 e. The molecule has 156 valence electrons. The lowest BCUT2D eigenvalue weighted by molar-refractivity contribution is -0.137. The monoisotopic (exact) mass is 433 g/mol. The van der Waals surface area contributed by atoms with Crippen molar-refractivity contribution < 1.29 is 18.3 Å². The van der Waals surface area contributed by atoms with Crippen molar-refractivity contribution in [3.8, 4) is 0 Å². The number of nitrogens with zero attached hydrogens (tertiary/aromatic N) is 1. The predicted octanol–water partition coefficient (Wildman–Crippen LogP) is 5.96. The van der Waals surface area contributed by atoms with E-state index in [0.717, 1.165) is 37.4 Å². The van der Waals surface area contributed by atoms with Gasteiger partial charge >= 0.3 is 6.18 Å². The van der Waals surface area contributed by atoms with Crippen LogP contribution >= 0.6 is 23.7 Å². The van der Waals surface area contributed by atoms with Gasteiger partial charge in [-0.25, -0.2) is 0 Å². The fourth-order valence-corrected chi connectivity index (χ4v) is 5.17. The highest BCUT2D eigenvalue weighted by atomic mass is 35.5. The second-order valence-corrected chi connectivity index (χ2v) is 8.75. The normalized spacial score (nSPS) is 22.6. The summed E-state index contributed by atoms with van der Waals surface area (Å²) >= 11 is 1.68. The van der Waals surface area contributed by atoms with Crippen molar-refractivity contribution in [2.75, 3.05) is 19.0 Å². The third kappa shape index (κ3) is 5.22. The minimum Gasteiger partial charge on any atom is -0.389 e. The highest BCUT2D eigenvalue weighted by Crippen LogP contribution is 2.41. The Morgan fingerprint density at radius 2 is 1.96 bits per heavy atom. The van der Waals surface area contributed by atoms with Gasteiger partial charge in [0.05, 0.1) is 16.9 Å². The highest BCUT2D eigenvalue weighted by molar-refractivity contribution is 7.10. The van der Waals surface area contributed by atoms with Gasteiger partial charge < -0.3 is 10.0 Å². The molecule has 2 nitrogen and oxygen atoms in total. The Hall–Kier alpha value is -1.24. The van der Waals surface area contributed by atoms with Crippen molar-refractivity contribution >= 4 is 29.4 Å². The van der Waals surface area contributed by atoms with E-state index in [0.29, 0.717) is 12.0 Å². The Morgan fingerprint density at radius 3 is 2.64 bits per heavy atom. The third-order valence-electron chi connectivity index (χ3n) is 5.57. The van der Waals surface area contributed by atoms with Crippen LogP contribution in [0.15, 0.2) is 35.7 Å². The van der Waals surface area contributed by atoms with E-state index >= 15 is 0 Å². The Bertz CT molecular complexity index is 777. The van der Waals surface area contributed by atoms with Crippen molar-refractivity contribution in [2.24, 2.45) is 5.92 Å². The van der Waals surface area contributed by atoms with E-state index in [9.17, 15) is 18.3 Å². The summed E-state index contributed by atoms with van der Waals surface area (Å²) in [6.45, 7) is 0. The number of aliphatic hydroxyl groups is 1. The molecule has 1 N–H and O–H groups in total. The SMILES string of the molecule is CN(C)c1ccsc1CC1CCCCC1(O)Cc1cccc(C(F)(F)F)c1.Cl. The standard InChI is InChI=1S/C21H26F3NOS.ClH/c1-25(2)18-9-11-27-19(18)13-16-7-3-4-10-20(16,26)14-15-6-5-8-17(12-15)21(22,23)24;/h5-6,8-9,11-12,16,26H,3-4,7,10,13-14H2,1-2H3;1H. The molecule has 0 aliphatic heterocycles. The Kier molecular flexibility index (Phi) is 7.45. The maximum atomic E-state index is 13.0. The minimum atomic E-state index is -4.36. The molecule has 0 radical (unpaired) electrons. The zero-order chi connectivity index (χ0) is 19.7. The summed E-state index contributed by atoms with van der Waals surface area (Å²) in [5.41, 5.74) is 0.102. The van der Waals surface area contributed by atoms with Gasteiger partial charge in [0, 0.05) is 25.4 Å². The van der Waals surface area contributed by atoms with Gasteiger partial charge in [0.2, 0.25) is 0 Å². The number of halogens is 4. The fraction of sp³-hybridized carbons (Fsp3) is 0.524. The summed E-state index contributed by atoms with van der Waals surface area (Å²) in [4.78, 5) is 3.30. The third-order valence-corrected chi connectivity index (χ3v) is 6.50. The van der Waals surface area contributed by atoms with Crippen LogP contribution in [0, 0.1) is 5.92 Å². The predicted molar refractivity (Wildman–Crippen MR) is 112 cm³/mol. The first kappa shape index (κ1) is 23.0. The van der Waals surface area contributed by atoms with Crippen LogP contribution in [0.3, 0.4) is 0 Å². The van der Waals surface area contributed by atoms with Gasteiger partial charge in [-0.3, -0.25) is 0 Å². The van der Waals surface area contributed by atoms with E-state index in [1.54, 1.807) is 17.4 Å². The summed E-state index contributed by atoms with van der Waals surface area (Å²) in [7, 11) is 4.00. The van der Waals surface area contributed by atoms with Crippen molar-refractivity contribution in [3.63, 3.8) is 0 Å². The molecule has 7 heteroatoms. The number of anilines is 1. The van der Waals surface area contributed by atoms with E-state index in [-0.39, 0.29) is 24.7 Å². The second kappa shape index (κ2) is 9.06. The molecule has 2 aromatic rings. The maximum Gasteiger partial charge on any atom is 0.416 e. The van der Waals surface area contributed by atoms with E-state index in [1.165, 1.54) is 17.0 Å². The van der Waals surface area contributed by atoms with Gasteiger partial charge in [0.1, 0.15) is 0 Å². The summed E-state index contributed by atoms with van der Waals surface area (Å²) < 4.78 is 39.1. The molecule has 28 heavy (non-hydrogen) atoms. The van der Waals surface area contributed by atoms with Crippen LogP contribution in [0.5, 0.6) is 0 Å². The zero-order valence-corrected chi connectivity index (χ0v) is 17.8. The lowest BCUT2D eigenvalue weighted by Crippen LogP contribution is -2.43. The summed E-state index contributed by atoms with van der Waals surface area (Å²) in [5.74, 6) is 0.0538. The minimum absolute atomic E-state index is 0. The van der Waals surface area contributed by atoms with Gasteiger partial charge in [-0.15, -0.1) is 23.7 Å². The zero-order valence-electron chi connectivity index (χ0n) is 16.1. The fourth-order valence-electron chi connectivity index (χ4n) is 4.14. The molecule has 1 aliphatic rings. The van der Waals surface area contributed by atoms with Crippen LogP contribution in [0.2, 0.25) is 0 Å². The summed E-state index contributed by atoms with van der Waals surface area (Å²) in [6.07, 6.45) is 0.180. The van der Waals surface area contributed by atoms with Crippen molar-refractivity contribution in [1.29, 1.82) is 0 Å². The van der Waals surface area contributed by atoms with Crippen molar-refractivity contribution in [1.82, 2.24) is 0 Å². The molecule has 1 heterocycles. The molecule has 2 unspecified atom stereocenters. The number of alkyl halides is 3. The molecule has 1 fully saturated rings. The number of rotatable bonds is 5. The lowest BCUT2D eigenvalue weighted by Gasteiger charge is -2.40. The van der Waals surface area contributed by atoms with Crippen LogP contribution in [-0.2, 0) is 19.0 Å². The van der Waals surface area contributed by atoms with Crippen LogP contribution in [0.1, 0.15) is 41.7 Å². The smallest absolute Gasteiger partial charge is 0.389 e. The van der Waals surface area contributed by atoms with Gasteiger partial charge in [-0.05, 0) is 48.3 Å². The van der Waals surface area contributed by atoms with Gasteiger partial charge in [-0.1, -0.05) is 31.0 Å². The van der Waals surface area contributed by atoms with E-state index in [2.05, 4.69) is 16.3 Å². The number of thiophene rings is 1. The van der Waals surface area contributed by atoms with Gasteiger partial charge in [-0.2, -0.15) is 13.2 Å². The molecule has 0 spiro atoms. The number of hydrogen-bond donors (Lipinski definition) is 1. The summed E-state index contributed by atoms with van der Waals surface area (Å²) in [5, 5.41) is 13.5. The highest BCUT2D eigenvalue weighted by Gasteiger charge is 2.40. The first-order valence-corrected chi connectivity index (χ1v) is 10.2. The Morgan fingerprint density at radius 1 is 1.21 bits per heavy atom. The van der Waals surface area contributed by atoms with Gasteiger partial charge in [0.25, 0.3) is 0 Å². The van der Waals surface area contributed by atoms with Crippen LogP contribution in [0.4, 0.5) is 18.9 Å². The number of hydrogen-bond acceptors (Lipinski definition) is 3. The lowest BCUT2D eigenvalue weighted by atomic mass is 9.70. The molecule has 0 bridgehead atoms. The summed E-state index contributed by atoms with van der Waals surface area (Å²) in [6, 6.07) is 7.47. The van der Waals surface area contributed by atoms with E-state index in [4.69, 9.17) is 0 Å². The molecular formula is C21H27ClF3NOS. The topological polar surface area (TPSA) is 23.5 Å². The first-order chi connectivity index (χ1) is 12.7. The van der Waals surface area contributed by atoms with Gasteiger partial charge in [0.15, 0.2) is 0 Å². The van der Waals surface area contributed by atoms with Crippen LogP contribution in [-0.4, -0.2) is 24.8 Å². The molecule has 1 saturated carbocycles. The average Bonchev–Trinajstić information content (AvgIpc) is 3.05. The number of benzene rings is 1. The molecule has 1 aliphatic carbocycles. The Labute approximate surface area is 174 Å². The van der Waals surface area contributed by atoms with E-state index in [1.807, 2.05) is 14.1 Å². The van der Waals surface area contributed by atoms with Crippen LogP contribution in [0.25, 0.3) is 0 Å². The molecule has 1 aromatic carbocycles. The molecular weight excluding hydrogens is 407 g/mol. The molecule has 1 aromatic heterocycles. The molecule has 3 rings (SSSR count). The van der Waals surface area contributed by atoms with Crippen molar-refractivity contribution in [3.05, 3.63) is 51.7 Å². The average molecular weight is 434 g/mol. The van der Waals surface area contributed by atoms with E-state index < -0.39 is 17.3 Å². The Balaban J connectivity index is 0.00000280. The molecule has 0 saturated heterocycles. The quantitative estimate of drug-likeness (QED) is 0.628. The second-order valence-electron chi connectivity index (χ2n) is 7.75. The first-order valence-electron chi connectivity index (χ1n) is 9.31. The van der Waals surface area contributed by atoms with Crippen LogP contribution < -0.4 is 4.90 Å².